The maximum absolute atomic E-state index is 6.04. The van der Waals surface area contributed by atoms with Gasteiger partial charge < -0.3 is 10.6 Å². The Morgan fingerprint density at radius 3 is 2.80 bits per heavy atom. The number of nitrogens with one attached hydrogen (secondary N) is 2. The fraction of sp³-hybridized carbons (Fsp3) is 0.462. The Kier molecular flexibility index (Phi) is 4.79. The highest BCUT2D eigenvalue weighted by Crippen LogP contribution is 2.19. The highest BCUT2D eigenvalue weighted by molar-refractivity contribution is 6.32. The molecule has 7 heteroatoms. The van der Waals surface area contributed by atoms with Crippen molar-refractivity contribution in [2.75, 3.05) is 24.2 Å². The van der Waals surface area contributed by atoms with E-state index in [1.807, 2.05) is 11.6 Å². The van der Waals surface area contributed by atoms with Gasteiger partial charge in [0.05, 0.1) is 11.9 Å². The quantitative estimate of drug-likeness (QED) is 0.801. The van der Waals surface area contributed by atoms with Gasteiger partial charge in [0.15, 0.2) is 0 Å². The van der Waals surface area contributed by atoms with Crippen molar-refractivity contribution in [3.05, 3.63) is 28.7 Å². The predicted octanol–water partition coefficient (Wildman–Crippen LogP) is 2.49. The van der Waals surface area contributed by atoms with Crippen molar-refractivity contribution < 1.29 is 0 Å². The summed E-state index contributed by atoms with van der Waals surface area (Å²) in [5, 5.41) is 11.1. The Balaban J connectivity index is 1.85. The normalized spacial score (nSPS) is 10.6. The summed E-state index contributed by atoms with van der Waals surface area (Å²) in [5.74, 6) is 1.20. The smallest absolute Gasteiger partial charge is 0.224 e. The standard InChI is InChI=1S/C13H19ClN6/c1-9-7-10(2)20(19-9)6-4-5-16-12-11(14)8-17-13(15-3)18-12/h7-8H,4-6H2,1-3H3,(H2,15,16,17,18). The Morgan fingerprint density at radius 1 is 1.35 bits per heavy atom. The lowest BCUT2D eigenvalue weighted by Gasteiger charge is -2.09. The summed E-state index contributed by atoms with van der Waals surface area (Å²) in [6, 6.07) is 2.08. The maximum Gasteiger partial charge on any atom is 0.224 e. The Bertz CT molecular complexity index is 580. The van der Waals surface area contributed by atoms with Crippen LogP contribution < -0.4 is 10.6 Å². The van der Waals surface area contributed by atoms with Crippen molar-refractivity contribution in [2.24, 2.45) is 0 Å². The molecule has 0 aliphatic heterocycles. The van der Waals surface area contributed by atoms with Crippen LogP contribution in [0.5, 0.6) is 0 Å². The first-order valence-electron chi connectivity index (χ1n) is 6.55. The molecule has 0 aliphatic carbocycles. The molecule has 2 aromatic rings. The van der Waals surface area contributed by atoms with Crippen LogP contribution in [0.15, 0.2) is 12.3 Å². The molecule has 0 unspecified atom stereocenters. The molecule has 2 aromatic heterocycles. The zero-order chi connectivity index (χ0) is 14.5. The van der Waals surface area contributed by atoms with E-state index in [0.717, 1.165) is 25.2 Å². The van der Waals surface area contributed by atoms with Gasteiger partial charge in [-0.1, -0.05) is 11.6 Å². The summed E-state index contributed by atoms with van der Waals surface area (Å²) in [6.45, 7) is 5.71. The van der Waals surface area contributed by atoms with E-state index in [1.165, 1.54) is 5.69 Å². The average Bonchev–Trinajstić information content (AvgIpc) is 2.75. The molecule has 108 valence electrons. The largest absolute Gasteiger partial charge is 0.369 e. The maximum atomic E-state index is 6.04. The first kappa shape index (κ1) is 14.6. The molecule has 2 heterocycles. The van der Waals surface area contributed by atoms with Gasteiger partial charge >= 0.3 is 0 Å². The van der Waals surface area contributed by atoms with E-state index in [4.69, 9.17) is 11.6 Å². The number of anilines is 2. The summed E-state index contributed by atoms with van der Waals surface area (Å²) in [4.78, 5) is 8.31. The van der Waals surface area contributed by atoms with Gasteiger partial charge in [-0.3, -0.25) is 4.68 Å². The lowest BCUT2D eigenvalue weighted by molar-refractivity contribution is 0.573. The van der Waals surface area contributed by atoms with Crippen LogP contribution in [-0.2, 0) is 6.54 Å². The lowest BCUT2D eigenvalue weighted by atomic mass is 10.4. The Hall–Kier alpha value is -1.82. The summed E-state index contributed by atoms with van der Waals surface area (Å²) in [5.41, 5.74) is 2.23. The van der Waals surface area contributed by atoms with Gasteiger partial charge in [-0.15, -0.1) is 0 Å². The Morgan fingerprint density at radius 2 is 2.15 bits per heavy atom. The van der Waals surface area contributed by atoms with E-state index in [9.17, 15) is 0 Å². The van der Waals surface area contributed by atoms with Gasteiger partial charge in [0.25, 0.3) is 0 Å². The van der Waals surface area contributed by atoms with Crippen molar-refractivity contribution in [2.45, 2.75) is 26.8 Å². The molecular formula is C13H19ClN6. The third-order valence-electron chi connectivity index (χ3n) is 2.91. The molecule has 0 amide bonds. The molecule has 0 bridgehead atoms. The highest BCUT2D eigenvalue weighted by Gasteiger charge is 2.04. The van der Waals surface area contributed by atoms with E-state index in [2.05, 4.69) is 38.7 Å². The number of halogens is 1. The lowest BCUT2D eigenvalue weighted by Crippen LogP contribution is -2.10. The fourth-order valence-electron chi connectivity index (χ4n) is 1.95. The number of hydrogen-bond acceptors (Lipinski definition) is 5. The van der Waals surface area contributed by atoms with Crippen molar-refractivity contribution in [1.29, 1.82) is 0 Å². The van der Waals surface area contributed by atoms with E-state index >= 15 is 0 Å². The summed E-state index contributed by atoms with van der Waals surface area (Å²) in [6.07, 6.45) is 2.53. The molecule has 0 spiro atoms. The Labute approximate surface area is 123 Å². The molecular weight excluding hydrogens is 276 g/mol. The van der Waals surface area contributed by atoms with Crippen LogP contribution in [0.1, 0.15) is 17.8 Å². The fourth-order valence-corrected chi connectivity index (χ4v) is 2.11. The van der Waals surface area contributed by atoms with Crippen molar-refractivity contribution >= 4 is 23.4 Å². The molecule has 0 fully saturated rings. The van der Waals surface area contributed by atoms with Gasteiger partial charge in [0, 0.05) is 25.8 Å². The van der Waals surface area contributed by atoms with Crippen LogP contribution in [0.25, 0.3) is 0 Å². The van der Waals surface area contributed by atoms with E-state index in [-0.39, 0.29) is 0 Å². The minimum atomic E-state index is 0.523. The number of hydrogen-bond donors (Lipinski definition) is 2. The summed E-state index contributed by atoms with van der Waals surface area (Å²) >= 11 is 6.04. The minimum absolute atomic E-state index is 0.523. The van der Waals surface area contributed by atoms with Crippen molar-refractivity contribution in [3.8, 4) is 0 Å². The van der Waals surface area contributed by atoms with E-state index in [0.29, 0.717) is 16.8 Å². The van der Waals surface area contributed by atoms with Crippen LogP contribution in [0.4, 0.5) is 11.8 Å². The van der Waals surface area contributed by atoms with Gasteiger partial charge in [-0.05, 0) is 26.3 Å². The summed E-state index contributed by atoms with van der Waals surface area (Å²) < 4.78 is 2.01. The van der Waals surface area contributed by atoms with E-state index < -0.39 is 0 Å². The van der Waals surface area contributed by atoms with Crippen LogP contribution in [-0.4, -0.2) is 33.3 Å². The third kappa shape index (κ3) is 3.60. The minimum Gasteiger partial charge on any atom is -0.369 e. The molecule has 2 rings (SSSR count). The molecule has 0 aliphatic rings. The van der Waals surface area contributed by atoms with Gasteiger partial charge in [-0.2, -0.15) is 10.1 Å². The van der Waals surface area contributed by atoms with Crippen LogP contribution >= 0.6 is 11.6 Å². The topological polar surface area (TPSA) is 67.7 Å². The second-order valence-electron chi connectivity index (χ2n) is 4.57. The number of aryl methyl sites for hydroxylation is 3. The van der Waals surface area contributed by atoms with Gasteiger partial charge in [0.1, 0.15) is 10.8 Å². The highest BCUT2D eigenvalue weighted by atomic mass is 35.5. The van der Waals surface area contributed by atoms with Gasteiger partial charge in [0.2, 0.25) is 5.95 Å². The van der Waals surface area contributed by atoms with Crippen molar-refractivity contribution in [3.63, 3.8) is 0 Å². The monoisotopic (exact) mass is 294 g/mol. The molecule has 0 aromatic carbocycles. The average molecular weight is 295 g/mol. The zero-order valence-corrected chi connectivity index (χ0v) is 12.7. The molecule has 0 radical (unpaired) electrons. The summed E-state index contributed by atoms with van der Waals surface area (Å²) in [7, 11) is 1.77. The van der Waals surface area contributed by atoms with Crippen molar-refractivity contribution in [1.82, 2.24) is 19.7 Å². The molecule has 0 atom stereocenters. The zero-order valence-electron chi connectivity index (χ0n) is 11.9. The predicted molar refractivity (Wildman–Crippen MR) is 81.4 cm³/mol. The number of rotatable bonds is 6. The molecule has 0 saturated carbocycles. The first-order chi connectivity index (χ1) is 9.60. The number of aromatic nitrogens is 4. The third-order valence-corrected chi connectivity index (χ3v) is 3.19. The van der Waals surface area contributed by atoms with Gasteiger partial charge in [-0.25, -0.2) is 4.98 Å². The molecule has 6 nitrogen and oxygen atoms in total. The van der Waals surface area contributed by atoms with Crippen LogP contribution in [0, 0.1) is 13.8 Å². The van der Waals surface area contributed by atoms with E-state index in [1.54, 1.807) is 13.2 Å². The second kappa shape index (κ2) is 6.56. The number of nitrogens with zero attached hydrogens (tertiary/aromatic N) is 4. The SMILES string of the molecule is CNc1ncc(Cl)c(NCCCn2nc(C)cc2C)n1. The molecule has 0 saturated heterocycles. The van der Waals surface area contributed by atoms with Crippen LogP contribution in [0.2, 0.25) is 5.02 Å². The van der Waals surface area contributed by atoms with Crippen LogP contribution in [0.3, 0.4) is 0 Å². The molecule has 20 heavy (non-hydrogen) atoms. The molecule has 2 N–H and O–H groups in total. The first-order valence-corrected chi connectivity index (χ1v) is 6.93. The second-order valence-corrected chi connectivity index (χ2v) is 4.98.